The molecule has 0 unspecified atom stereocenters. The van der Waals surface area contributed by atoms with Crippen LogP contribution in [0.25, 0.3) is 0 Å². The summed E-state index contributed by atoms with van der Waals surface area (Å²) in [5, 5.41) is 4.28. The Morgan fingerprint density at radius 2 is 1.83 bits per heavy atom. The third-order valence-electron chi connectivity index (χ3n) is 1.93. The number of nitrogens with zero attached hydrogens (tertiary/aromatic N) is 2. The normalized spacial score (nSPS) is 10.0. The third kappa shape index (κ3) is 4.07. The molecule has 0 radical (unpaired) electrons. The highest BCUT2D eigenvalue weighted by Crippen LogP contribution is 2.18. The molecule has 18 heavy (non-hydrogen) atoms. The Hall–Kier alpha value is -1.49. The molecule has 0 saturated carbocycles. The molecule has 1 rings (SSSR count). The summed E-state index contributed by atoms with van der Waals surface area (Å²) in [7, 11) is -3.48. The molecule has 0 saturated heterocycles. The van der Waals surface area contributed by atoms with Gasteiger partial charge in [-0.25, -0.2) is 8.42 Å². The van der Waals surface area contributed by atoms with Crippen LogP contribution in [0.2, 0.25) is 0 Å². The van der Waals surface area contributed by atoms with Gasteiger partial charge in [0, 0.05) is 0 Å². The van der Waals surface area contributed by atoms with Gasteiger partial charge in [-0.1, -0.05) is 6.58 Å². The topological polar surface area (TPSA) is 58.9 Å². The van der Waals surface area contributed by atoms with Crippen LogP contribution >= 0.6 is 24.4 Å². The number of hydrogen-bond donors (Lipinski definition) is 0. The van der Waals surface area contributed by atoms with Crippen LogP contribution < -0.4 is 0 Å². The van der Waals surface area contributed by atoms with Gasteiger partial charge in [0.25, 0.3) is 0 Å². The summed E-state index contributed by atoms with van der Waals surface area (Å²) in [5.41, 5.74) is 0.686. The van der Waals surface area contributed by atoms with Gasteiger partial charge in [-0.15, -0.1) is 0 Å². The quantitative estimate of drug-likeness (QED) is 0.619. The zero-order valence-corrected chi connectivity index (χ0v) is 11.6. The number of sulfone groups is 1. The van der Waals surface area contributed by atoms with Crippen LogP contribution in [0.1, 0.15) is 0 Å². The summed E-state index contributed by atoms with van der Waals surface area (Å²) in [6.45, 7) is 3.48. The maximum absolute atomic E-state index is 11.9. The van der Waals surface area contributed by atoms with Crippen molar-refractivity contribution in [2.75, 3.05) is 5.75 Å². The molecule has 4 nitrogen and oxygen atoms in total. The molecule has 0 bridgehead atoms. The van der Waals surface area contributed by atoms with Crippen LogP contribution in [0.5, 0.6) is 0 Å². The molecule has 7 heteroatoms. The van der Waals surface area contributed by atoms with E-state index in [-0.39, 0.29) is 16.3 Å². The van der Waals surface area contributed by atoms with Crippen molar-refractivity contribution in [2.24, 2.45) is 9.98 Å². The molecule has 1 aromatic carbocycles. The van der Waals surface area contributed by atoms with Crippen LogP contribution in [0.3, 0.4) is 0 Å². The molecule has 0 aliphatic carbocycles. The van der Waals surface area contributed by atoms with Gasteiger partial charge in [-0.05, 0) is 48.7 Å². The molecule has 0 spiro atoms. The molecule has 0 N–H and O–H groups in total. The number of thiocarbonyl (C=S) groups is 2. The van der Waals surface area contributed by atoms with Gasteiger partial charge >= 0.3 is 0 Å². The van der Waals surface area contributed by atoms with Crippen molar-refractivity contribution >= 4 is 50.3 Å². The molecule has 1 aromatic rings. The first-order valence-electron chi connectivity index (χ1n) is 4.66. The highest BCUT2D eigenvalue weighted by molar-refractivity contribution is 7.91. The zero-order chi connectivity index (χ0) is 13.6. The Morgan fingerprint density at radius 1 is 1.22 bits per heavy atom. The highest BCUT2D eigenvalue weighted by atomic mass is 32.2. The van der Waals surface area contributed by atoms with Gasteiger partial charge in [0.05, 0.1) is 32.4 Å². The summed E-state index contributed by atoms with van der Waals surface area (Å²) in [6, 6.07) is 5.96. The molecular formula is C11H8N2O2S3. The van der Waals surface area contributed by atoms with Gasteiger partial charge in [0.1, 0.15) is 0 Å². The first-order valence-corrected chi connectivity index (χ1v) is 7.13. The fourth-order valence-corrected chi connectivity index (χ4v) is 2.64. The fourth-order valence-electron chi connectivity index (χ4n) is 1.18. The molecule has 92 valence electrons. The van der Waals surface area contributed by atoms with Gasteiger partial charge in [-0.3, -0.25) is 0 Å². The smallest absolute Gasteiger partial charge is 0.184 e. The average Bonchev–Trinajstić information content (AvgIpc) is 2.29. The summed E-state index contributed by atoms with van der Waals surface area (Å²) < 4.78 is 23.9. The number of rotatable bonds is 5. The molecule has 0 heterocycles. The van der Waals surface area contributed by atoms with Crippen LogP contribution in [-0.2, 0) is 9.84 Å². The van der Waals surface area contributed by atoms with Crippen molar-refractivity contribution in [1.29, 1.82) is 0 Å². The lowest BCUT2D eigenvalue weighted by molar-refractivity contribution is 0.598. The maximum atomic E-state index is 11.9. The second-order valence-corrected chi connectivity index (χ2v) is 5.58. The summed E-state index contributed by atoms with van der Waals surface area (Å²) in [6.07, 6.45) is 0. The van der Waals surface area contributed by atoms with Crippen LogP contribution in [0.15, 0.2) is 51.4 Å². The van der Waals surface area contributed by atoms with Crippen molar-refractivity contribution in [3.8, 4) is 0 Å². The van der Waals surface area contributed by atoms with Gasteiger partial charge in [-0.2, -0.15) is 9.98 Å². The van der Waals surface area contributed by atoms with E-state index in [4.69, 9.17) is 0 Å². The van der Waals surface area contributed by atoms with Crippen molar-refractivity contribution in [3.05, 3.63) is 36.5 Å². The first-order chi connectivity index (χ1) is 8.49. The van der Waals surface area contributed by atoms with E-state index < -0.39 is 9.84 Å². The number of benzene rings is 1. The largest absolute Gasteiger partial charge is 0.223 e. The summed E-state index contributed by atoms with van der Waals surface area (Å²) in [5.74, 6) is -0.299. The van der Waals surface area contributed by atoms with Crippen LogP contribution in [0.4, 0.5) is 5.69 Å². The predicted octanol–water partition coefficient (Wildman–Crippen LogP) is 2.81. The number of isothiocyanates is 2. The minimum absolute atomic E-state index is 0.144. The SMILES string of the molecule is C=C(CS(=O)(=O)c1ccc(N=C=S)cc1)N=C=S. The monoisotopic (exact) mass is 296 g/mol. The van der Waals surface area contributed by atoms with Gasteiger partial charge < -0.3 is 0 Å². The Morgan fingerprint density at radius 3 is 2.33 bits per heavy atom. The van der Waals surface area contributed by atoms with E-state index in [1.54, 1.807) is 0 Å². The van der Waals surface area contributed by atoms with Crippen molar-refractivity contribution < 1.29 is 8.42 Å². The predicted molar refractivity (Wildman–Crippen MR) is 77.3 cm³/mol. The van der Waals surface area contributed by atoms with E-state index in [9.17, 15) is 8.42 Å². The van der Waals surface area contributed by atoms with Gasteiger partial charge in [0.2, 0.25) is 0 Å². The molecule has 0 atom stereocenters. The average molecular weight is 296 g/mol. The van der Waals surface area contributed by atoms with Crippen molar-refractivity contribution in [1.82, 2.24) is 0 Å². The molecule has 0 aromatic heterocycles. The number of hydrogen-bond acceptors (Lipinski definition) is 6. The van der Waals surface area contributed by atoms with E-state index in [0.717, 1.165) is 0 Å². The molecular weight excluding hydrogens is 288 g/mol. The van der Waals surface area contributed by atoms with Crippen LogP contribution in [-0.4, -0.2) is 24.5 Å². The standard InChI is InChI=1S/C11H8N2O2S3/c1-9(12-7-16)6-18(14,15)11-4-2-10(3-5-11)13-8-17/h2-5H,1,6H2. The lowest BCUT2D eigenvalue weighted by Crippen LogP contribution is -2.07. The van der Waals surface area contributed by atoms with E-state index in [1.807, 2.05) is 0 Å². The van der Waals surface area contributed by atoms with E-state index in [2.05, 4.69) is 51.3 Å². The minimum atomic E-state index is -3.48. The van der Waals surface area contributed by atoms with E-state index >= 15 is 0 Å². The number of aliphatic imine (C=N–C) groups is 2. The first kappa shape index (κ1) is 14.6. The van der Waals surface area contributed by atoms with Crippen molar-refractivity contribution in [2.45, 2.75) is 4.90 Å². The maximum Gasteiger partial charge on any atom is 0.184 e. The Labute approximate surface area is 116 Å². The molecule has 0 aliphatic rings. The highest BCUT2D eigenvalue weighted by Gasteiger charge is 2.15. The summed E-state index contributed by atoms with van der Waals surface area (Å²) in [4.78, 5) is 7.42. The lowest BCUT2D eigenvalue weighted by Gasteiger charge is -2.03. The molecule has 0 fully saturated rings. The minimum Gasteiger partial charge on any atom is -0.223 e. The van der Waals surface area contributed by atoms with E-state index in [0.29, 0.717) is 5.69 Å². The van der Waals surface area contributed by atoms with E-state index in [1.165, 1.54) is 24.3 Å². The Bertz CT molecular complexity index is 650. The fraction of sp³-hybridized carbons (Fsp3) is 0.0909. The Balaban J connectivity index is 3.02. The second-order valence-electron chi connectivity index (χ2n) is 3.23. The summed E-state index contributed by atoms with van der Waals surface area (Å²) >= 11 is 8.83. The molecule has 0 amide bonds. The Kier molecular flexibility index (Phi) is 5.22. The second kappa shape index (κ2) is 6.44. The van der Waals surface area contributed by atoms with Gasteiger partial charge in [0.15, 0.2) is 9.84 Å². The van der Waals surface area contributed by atoms with Crippen LogP contribution in [0, 0.1) is 0 Å². The van der Waals surface area contributed by atoms with Crippen molar-refractivity contribution in [3.63, 3.8) is 0 Å². The molecule has 0 aliphatic heterocycles. The lowest BCUT2D eigenvalue weighted by atomic mass is 10.3. The third-order valence-corrected chi connectivity index (χ3v) is 3.82. The zero-order valence-electron chi connectivity index (χ0n) is 9.16.